The van der Waals surface area contributed by atoms with Crippen LogP contribution in [0.2, 0.25) is 0 Å². The monoisotopic (exact) mass is 206 g/mol. The van der Waals surface area contributed by atoms with Gasteiger partial charge in [0, 0.05) is 5.41 Å². The molecule has 0 amide bonds. The largest absolute Gasteiger partial charge is 0.0858 e. The predicted molar refractivity (Wildman–Crippen MR) is 67.4 cm³/mol. The van der Waals surface area contributed by atoms with Crippen LogP contribution in [0.3, 0.4) is 0 Å². The summed E-state index contributed by atoms with van der Waals surface area (Å²) < 4.78 is 0. The summed E-state index contributed by atoms with van der Waals surface area (Å²) in [6, 6.07) is 21.5. The average Bonchev–Trinajstić information content (AvgIpc) is 2.31. The fraction of sp³-hybridized carbons (Fsp3) is 0.125. The predicted octanol–water partition coefficient (Wildman–Crippen LogP) is 3.93. The Morgan fingerprint density at radius 1 is 0.688 bits per heavy atom. The van der Waals surface area contributed by atoms with Crippen molar-refractivity contribution in [2.24, 2.45) is 0 Å². The van der Waals surface area contributed by atoms with Gasteiger partial charge in [0.05, 0.1) is 0 Å². The molecule has 0 saturated carbocycles. The van der Waals surface area contributed by atoms with Gasteiger partial charge in [-0.1, -0.05) is 72.8 Å². The zero-order valence-corrected chi connectivity index (χ0v) is 9.14. The van der Waals surface area contributed by atoms with Crippen molar-refractivity contribution in [3.05, 3.63) is 83.9 Å². The first kappa shape index (κ1) is 9.41. The van der Waals surface area contributed by atoms with Crippen LogP contribution in [-0.4, -0.2) is 0 Å². The average molecular weight is 206 g/mol. The second kappa shape index (κ2) is 3.64. The van der Waals surface area contributed by atoms with E-state index in [4.69, 9.17) is 0 Å². The van der Waals surface area contributed by atoms with Crippen LogP contribution >= 0.6 is 0 Å². The van der Waals surface area contributed by atoms with Crippen LogP contribution in [0.15, 0.2) is 72.8 Å². The molecular weight excluding hydrogens is 192 g/mol. The Labute approximate surface area is 96.3 Å². The van der Waals surface area contributed by atoms with E-state index in [1.165, 1.54) is 11.1 Å². The third-order valence-electron chi connectivity index (χ3n) is 3.42. The van der Waals surface area contributed by atoms with Gasteiger partial charge in [0.15, 0.2) is 0 Å². The minimum atomic E-state index is 0.127. The molecule has 0 saturated heterocycles. The highest BCUT2D eigenvalue weighted by Crippen LogP contribution is 2.42. The summed E-state index contributed by atoms with van der Waals surface area (Å²) in [4.78, 5) is 0. The zero-order valence-electron chi connectivity index (χ0n) is 9.14. The van der Waals surface area contributed by atoms with Crippen LogP contribution in [0.5, 0.6) is 0 Å². The molecule has 1 aliphatic rings. The second-order valence-electron chi connectivity index (χ2n) is 4.31. The molecule has 0 atom stereocenters. The van der Waals surface area contributed by atoms with Crippen molar-refractivity contribution < 1.29 is 0 Å². The Kier molecular flexibility index (Phi) is 2.14. The summed E-state index contributed by atoms with van der Waals surface area (Å²) in [6.07, 6.45) is 5.68. The van der Waals surface area contributed by atoms with Crippen molar-refractivity contribution in [2.75, 3.05) is 0 Å². The maximum atomic E-state index is 2.32. The zero-order chi connectivity index (χ0) is 10.8. The minimum Gasteiger partial charge on any atom is -0.0858 e. The lowest BCUT2D eigenvalue weighted by Gasteiger charge is -2.37. The van der Waals surface area contributed by atoms with Gasteiger partial charge in [0.1, 0.15) is 0 Å². The van der Waals surface area contributed by atoms with Crippen molar-refractivity contribution >= 4 is 0 Å². The molecule has 0 spiro atoms. The molecule has 1 aliphatic carbocycles. The first-order valence-electron chi connectivity index (χ1n) is 5.71. The van der Waals surface area contributed by atoms with Crippen molar-refractivity contribution in [3.63, 3.8) is 0 Å². The Bertz CT molecular complexity index is 455. The highest BCUT2D eigenvalue weighted by atomic mass is 14.4. The number of rotatable bonds is 2. The van der Waals surface area contributed by atoms with E-state index in [0.717, 1.165) is 6.42 Å². The van der Waals surface area contributed by atoms with Gasteiger partial charge < -0.3 is 0 Å². The third kappa shape index (κ3) is 1.30. The molecule has 2 aromatic carbocycles. The molecule has 0 heteroatoms. The van der Waals surface area contributed by atoms with Gasteiger partial charge in [-0.2, -0.15) is 0 Å². The van der Waals surface area contributed by atoms with Crippen LogP contribution in [0.1, 0.15) is 17.5 Å². The molecule has 0 unspecified atom stereocenters. The SMILES string of the molecule is C1=CC(c2ccccc2)(c2ccccc2)C1. The number of hydrogen-bond acceptors (Lipinski definition) is 0. The van der Waals surface area contributed by atoms with Gasteiger partial charge in [-0.3, -0.25) is 0 Å². The summed E-state index contributed by atoms with van der Waals surface area (Å²) in [7, 11) is 0. The molecule has 0 N–H and O–H groups in total. The first-order chi connectivity index (χ1) is 7.92. The normalized spacial score (nSPS) is 16.8. The van der Waals surface area contributed by atoms with E-state index in [9.17, 15) is 0 Å². The van der Waals surface area contributed by atoms with E-state index < -0.39 is 0 Å². The molecule has 16 heavy (non-hydrogen) atoms. The minimum absolute atomic E-state index is 0.127. The van der Waals surface area contributed by atoms with Crippen molar-refractivity contribution in [3.8, 4) is 0 Å². The topological polar surface area (TPSA) is 0 Å². The molecule has 0 radical (unpaired) electrons. The highest BCUT2D eigenvalue weighted by molar-refractivity contribution is 5.49. The fourth-order valence-electron chi connectivity index (χ4n) is 2.42. The molecule has 0 aliphatic heterocycles. The number of benzene rings is 2. The lowest BCUT2D eigenvalue weighted by atomic mass is 9.66. The van der Waals surface area contributed by atoms with E-state index >= 15 is 0 Å². The summed E-state index contributed by atoms with van der Waals surface area (Å²) in [5.74, 6) is 0. The fourth-order valence-corrected chi connectivity index (χ4v) is 2.42. The van der Waals surface area contributed by atoms with E-state index in [1.807, 2.05) is 0 Å². The molecule has 0 fully saturated rings. The Morgan fingerprint density at radius 2 is 1.12 bits per heavy atom. The molecule has 0 nitrogen and oxygen atoms in total. The molecule has 2 aromatic rings. The van der Waals surface area contributed by atoms with Gasteiger partial charge in [-0.15, -0.1) is 0 Å². The lowest BCUT2D eigenvalue weighted by molar-refractivity contribution is 0.599. The van der Waals surface area contributed by atoms with E-state index in [2.05, 4.69) is 72.8 Å². The molecule has 78 valence electrons. The van der Waals surface area contributed by atoms with Gasteiger partial charge in [-0.25, -0.2) is 0 Å². The van der Waals surface area contributed by atoms with Crippen LogP contribution < -0.4 is 0 Å². The van der Waals surface area contributed by atoms with Gasteiger partial charge >= 0.3 is 0 Å². The van der Waals surface area contributed by atoms with Crippen LogP contribution in [0.25, 0.3) is 0 Å². The molecule has 0 heterocycles. The third-order valence-corrected chi connectivity index (χ3v) is 3.42. The van der Waals surface area contributed by atoms with Gasteiger partial charge in [0.25, 0.3) is 0 Å². The smallest absolute Gasteiger partial charge is 0.0416 e. The second-order valence-corrected chi connectivity index (χ2v) is 4.31. The summed E-state index contributed by atoms with van der Waals surface area (Å²) >= 11 is 0. The molecule has 0 aromatic heterocycles. The van der Waals surface area contributed by atoms with Crippen LogP contribution in [0, 0.1) is 0 Å². The molecule has 3 rings (SSSR count). The maximum Gasteiger partial charge on any atom is 0.0416 e. The molecular formula is C16H14. The molecule has 0 bridgehead atoms. The van der Waals surface area contributed by atoms with Crippen molar-refractivity contribution in [2.45, 2.75) is 11.8 Å². The quantitative estimate of drug-likeness (QED) is 0.653. The Hall–Kier alpha value is -1.82. The highest BCUT2D eigenvalue weighted by Gasteiger charge is 2.34. The summed E-state index contributed by atoms with van der Waals surface area (Å²) in [5, 5.41) is 0. The maximum absolute atomic E-state index is 2.32. The first-order valence-corrected chi connectivity index (χ1v) is 5.71. The number of allylic oxidation sites excluding steroid dienone is 2. The Balaban J connectivity index is 2.12. The van der Waals surface area contributed by atoms with Gasteiger partial charge in [-0.05, 0) is 17.5 Å². The Morgan fingerprint density at radius 3 is 1.44 bits per heavy atom. The summed E-state index contributed by atoms with van der Waals surface area (Å²) in [6.45, 7) is 0. The number of hydrogen-bond donors (Lipinski definition) is 0. The standard InChI is InChI=1S/C16H14/c1-3-8-14(9-4-1)16(12-7-13-16)15-10-5-2-6-11-15/h1-12H,13H2. The van der Waals surface area contributed by atoms with Crippen molar-refractivity contribution in [1.29, 1.82) is 0 Å². The summed E-state index contributed by atoms with van der Waals surface area (Å²) in [5.41, 5.74) is 2.91. The van der Waals surface area contributed by atoms with Crippen LogP contribution in [-0.2, 0) is 5.41 Å². The van der Waals surface area contributed by atoms with E-state index in [0.29, 0.717) is 0 Å². The lowest BCUT2D eigenvalue weighted by Crippen LogP contribution is -2.29. The van der Waals surface area contributed by atoms with E-state index in [-0.39, 0.29) is 5.41 Å². The van der Waals surface area contributed by atoms with Crippen molar-refractivity contribution in [1.82, 2.24) is 0 Å². The van der Waals surface area contributed by atoms with E-state index in [1.54, 1.807) is 0 Å². The van der Waals surface area contributed by atoms with Gasteiger partial charge in [0.2, 0.25) is 0 Å². The van der Waals surface area contributed by atoms with Crippen LogP contribution in [0.4, 0.5) is 0 Å².